The van der Waals surface area contributed by atoms with Gasteiger partial charge in [-0.05, 0) is 30.0 Å². The summed E-state index contributed by atoms with van der Waals surface area (Å²) < 4.78 is 1.86. The zero-order chi connectivity index (χ0) is 11.0. The molecule has 1 aliphatic rings. The Morgan fingerprint density at radius 3 is 2.94 bits per heavy atom. The number of hydrogen-bond donors (Lipinski definition) is 1. The number of aryl methyl sites for hydroxylation is 1. The summed E-state index contributed by atoms with van der Waals surface area (Å²) in [5, 5.41) is 14.6. The number of aliphatic hydroxyl groups excluding tert-OH is 1. The van der Waals surface area contributed by atoms with Gasteiger partial charge in [0.25, 0.3) is 0 Å². The summed E-state index contributed by atoms with van der Waals surface area (Å²) in [4.78, 5) is 0. The molecule has 0 amide bonds. The lowest BCUT2D eigenvalue weighted by Crippen LogP contribution is -2.24. The van der Waals surface area contributed by atoms with Crippen molar-refractivity contribution in [2.24, 2.45) is 0 Å². The average Bonchev–Trinajstić information content (AvgIpc) is 2.83. The monoisotopic (exact) mass is 214 g/mol. The Morgan fingerprint density at radius 2 is 2.12 bits per heavy atom. The predicted octanol–water partition coefficient (Wildman–Crippen LogP) is 2.10. The lowest BCUT2D eigenvalue weighted by molar-refractivity contribution is 0.0922. The summed E-state index contributed by atoms with van der Waals surface area (Å²) in [7, 11) is 0. The second kappa shape index (κ2) is 3.76. The first-order chi connectivity index (χ1) is 7.86. The van der Waals surface area contributed by atoms with Gasteiger partial charge >= 0.3 is 0 Å². The van der Waals surface area contributed by atoms with Crippen LogP contribution in [0.2, 0.25) is 0 Å². The second-order valence-electron chi connectivity index (χ2n) is 4.24. The molecule has 1 N–H and O–H groups in total. The minimum Gasteiger partial charge on any atom is -0.386 e. The van der Waals surface area contributed by atoms with E-state index in [2.05, 4.69) is 11.2 Å². The zero-order valence-electron chi connectivity index (χ0n) is 8.95. The lowest BCUT2D eigenvalue weighted by atomic mass is 9.86. The molecule has 0 aliphatic heterocycles. The quantitative estimate of drug-likeness (QED) is 0.789. The van der Waals surface area contributed by atoms with Crippen LogP contribution in [0.25, 0.3) is 0 Å². The van der Waals surface area contributed by atoms with E-state index in [-0.39, 0.29) is 6.04 Å². The van der Waals surface area contributed by atoms with Crippen molar-refractivity contribution in [1.82, 2.24) is 9.78 Å². The minimum absolute atomic E-state index is 0.0740. The zero-order valence-corrected chi connectivity index (χ0v) is 8.95. The highest BCUT2D eigenvalue weighted by Gasteiger charge is 2.28. The molecule has 82 valence electrons. The summed E-state index contributed by atoms with van der Waals surface area (Å²) in [6, 6.07) is 10.1. The van der Waals surface area contributed by atoms with Gasteiger partial charge in [0.05, 0.1) is 6.04 Å². The largest absolute Gasteiger partial charge is 0.386 e. The Bertz CT molecular complexity index is 478. The number of fused-ring (bicyclic) bond motifs is 1. The van der Waals surface area contributed by atoms with Crippen molar-refractivity contribution in [3.05, 3.63) is 53.9 Å². The number of benzene rings is 1. The number of aliphatic hydroxyl groups is 1. The highest BCUT2D eigenvalue weighted by molar-refractivity contribution is 5.32. The van der Waals surface area contributed by atoms with E-state index in [9.17, 15) is 5.11 Å². The van der Waals surface area contributed by atoms with Crippen molar-refractivity contribution < 1.29 is 5.11 Å². The topological polar surface area (TPSA) is 38.0 Å². The standard InChI is InChI=1S/C13H14N2O/c16-13-11-5-2-1-4-10(11)6-7-12(13)15-9-3-8-14-15/h1-5,8-9,12-13,16H,6-7H2. The molecule has 1 aromatic heterocycles. The Kier molecular flexibility index (Phi) is 2.26. The van der Waals surface area contributed by atoms with Crippen LogP contribution in [0, 0.1) is 0 Å². The van der Waals surface area contributed by atoms with Gasteiger partial charge in [-0.2, -0.15) is 5.10 Å². The van der Waals surface area contributed by atoms with Gasteiger partial charge in [0.15, 0.2) is 0 Å². The summed E-state index contributed by atoms with van der Waals surface area (Å²) >= 11 is 0. The number of rotatable bonds is 1. The van der Waals surface area contributed by atoms with E-state index in [1.54, 1.807) is 6.20 Å². The molecule has 1 aliphatic carbocycles. The molecule has 0 fully saturated rings. The highest BCUT2D eigenvalue weighted by Crippen LogP contribution is 2.36. The van der Waals surface area contributed by atoms with Crippen LogP contribution in [-0.4, -0.2) is 14.9 Å². The second-order valence-corrected chi connectivity index (χ2v) is 4.24. The maximum atomic E-state index is 10.3. The fourth-order valence-electron chi connectivity index (χ4n) is 2.47. The molecule has 0 saturated carbocycles. The maximum Gasteiger partial charge on any atom is 0.102 e. The molecule has 3 rings (SSSR count). The van der Waals surface area contributed by atoms with Crippen LogP contribution in [0.15, 0.2) is 42.7 Å². The fraction of sp³-hybridized carbons (Fsp3) is 0.308. The molecule has 16 heavy (non-hydrogen) atoms. The smallest absolute Gasteiger partial charge is 0.102 e. The lowest BCUT2D eigenvalue weighted by Gasteiger charge is -2.30. The van der Waals surface area contributed by atoms with Gasteiger partial charge in [0, 0.05) is 12.4 Å². The van der Waals surface area contributed by atoms with Crippen LogP contribution in [-0.2, 0) is 6.42 Å². The SMILES string of the molecule is OC1c2ccccc2CCC1n1cccn1. The van der Waals surface area contributed by atoms with Crippen LogP contribution in [0.1, 0.15) is 29.7 Å². The molecule has 3 nitrogen and oxygen atoms in total. The Labute approximate surface area is 94.3 Å². The van der Waals surface area contributed by atoms with Crippen LogP contribution in [0.5, 0.6) is 0 Å². The Morgan fingerprint density at radius 1 is 1.25 bits per heavy atom. The minimum atomic E-state index is -0.440. The van der Waals surface area contributed by atoms with Gasteiger partial charge < -0.3 is 5.11 Å². The number of aromatic nitrogens is 2. The van der Waals surface area contributed by atoms with Gasteiger partial charge in [-0.1, -0.05) is 24.3 Å². The summed E-state index contributed by atoms with van der Waals surface area (Å²) in [5.74, 6) is 0. The molecular formula is C13H14N2O. The summed E-state index contributed by atoms with van der Waals surface area (Å²) in [5.41, 5.74) is 2.31. The highest BCUT2D eigenvalue weighted by atomic mass is 16.3. The van der Waals surface area contributed by atoms with Crippen LogP contribution in [0.3, 0.4) is 0 Å². The maximum absolute atomic E-state index is 10.3. The van der Waals surface area contributed by atoms with E-state index >= 15 is 0 Å². The molecule has 0 bridgehead atoms. The van der Waals surface area contributed by atoms with E-state index in [0.717, 1.165) is 18.4 Å². The third kappa shape index (κ3) is 1.44. The molecule has 2 atom stereocenters. The first kappa shape index (κ1) is 9.60. The molecule has 1 aromatic carbocycles. The third-order valence-electron chi connectivity index (χ3n) is 3.31. The molecule has 0 radical (unpaired) electrons. The molecule has 2 aromatic rings. The van der Waals surface area contributed by atoms with E-state index in [0.29, 0.717) is 0 Å². The third-order valence-corrected chi connectivity index (χ3v) is 3.31. The van der Waals surface area contributed by atoms with Crippen LogP contribution < -0.4 is 0 Å². The molecule has 0 spiro atoms. The average molecular weight is 214 g/mol. The molecule has 0 saturated heterocycles. The Hall–Kier alpha value is -1.61. The molecule has 1 heterocycles. The Balaban J connectivity index is 1.98. The van der Waals surface area contributed by atoms with Gasteiger partial charge in [0.2, 0.25) is 0 Å². The predicted molar refractivity (Wildman–Crippen MR) is 61.0 cm³/mol. The van der Waals surface area contributed by atoms with Crippen molar-refractivity contribution >= 4 is 0 Å². The number of nitrogens with zero attached hydrogens (tertiary/aromatic N) is 2. The van der Waals surface area contributed by atoms with Crippen molar-refractivity contribution in [1.29, 1.82) is 0 Å². The molecule has 2 unspecified atom stereocenters. The van der Waals surface area contributed by atoms with Gasteiger partial charge in [-0.25, -0.2) is 0 Å². The fourth-order valence-corrected chi connectivity index (χ4v) is 2.47. The van der Waals surface area contributed by atoms with E-state index < -0.39 is 6.10 Å². The van der Waals surface area contributed by atoms with E-state index in [1.807, 2.05) is 35.1 Å². The molecule has 3 heteroatoms. The normalized spacial score (nSPS) is 24.1. The van der Waals surface area contributed by atoms with Gasteiger partial charge in [0.1, 0.15) is 6.10 Å². The van der Waals surface area contributed by atoms with Gasteiger partial charge in [-0.3, -0.25) is 4.68 Å². The van der Waals surface area contributed by atoms with E-state index in [1.165, 1.54) is 5.56 Å². The van der Waals surface area contributed by atoms with Gasteiger partial charge in [-0.15, -0.1) is 0 Å². The van der Waals surface area contributed by atoms with E-state index in [4.69, 9.17) is 0 Å². The summed E-state index contributed by atoms with van der Waals surface area (Å²) in [6.45, 7) is 0. The van der Waals surface area contributed by atoms with Crippen LogP contribution >= 0.6 is 0 Å². The molecular weight excluding hydrogens is 200 g/mol. The first-order valence-electron chi connectivity index (χ1n) is 5.61. The van der Waals surface area contributed by atoms with Crippen molar-refractivity contribution in [2.45, 2.75) is 25.0 Å². The first-order valence-corrected chi connectivity index (χ1v) is 5.61. The van der Waals surface area contributed by atoms with Crippen molar-refractivity contribution in [3.63, 3.8) is 0 Å². The van der Waals surface area contributed by atoms with Crippen molar-refractivity contribution in [3.8, 4) is 0 Å². The summed E-state index contributed by atoms with van der Waals surface area (Å²) in [6.07, 6.45) is 5.19. The van der Waals surface area contributed by atoms with Crippen molar-refractivity contribution in [2.75, 3.05) is 0 Å². The van der Waals surface area contributed by atoms with Crippen LogP contribution in [0.4, 0.5) is 0 Å². The number of hydrogen-bond acceptors (Lipinski definition) is 2.